The Bertz CT molecular complexity index is 271. The molecule has 0 atom stereocenters. The summed E-state index contributed by atoms with van der Waals surface area (Å²) in [6.45, 7) is 4.39. The Morgan fingerprint density at radius 2 is 2.31 bits per heavy atom. The van der Waals surface area contributed by atoms with Gasteiger partial charge in [0.25, 0.3) is 0 Å². The number of thioether (sulfide) groups is 1. The van der Waals surface area contributed by atoms with Crippen LogP contribution in [0.3, 0.4) is 0 Å². The van der Waals surface area contributed by atoms with E-state index in [-0.39, 0.29) is 5.88 Å². The van der Waals surface area contributed by atoms with Crippen LogP contribution in [0, 0.1) is 5.92 Å². The van der Waals surface area contributed by atoms with Gasteiger partial charge < -0.3 is 9.67 Å². The molecule has 13 heavy (non-hydrogen) atoms. The van der Waals surface area contributed by atoms with Crippen LogP contribution in [0.5, 0.6) is 5.88 Å². The highest BCUT2D eigenvalue weighted by Gasteiger charge is 2.04. The van der Waals surface area contributed by atoms with Crippen molar-refractivity contribution < 1.29 is 5.11 Å². The number of rotatable bonds is 4. The number of aromatic nitrogens is 2. The van der Waals surface area contributed by atoms with Gasteiger partial charge in [0.1, 0.15) is 5.82 Å². The Morgan fingerprint density at radius 1 is 1.62 bits per heavy atom. The Balaban J connectivity index is 2.40. The smallest absolute Gasteiger partial charge is 0.229 e. The van der Waals surface area contributed by atoms with Gasteiger partial charge in [-0.3, -0.25) is 0 Å². The summed E-state index contributed by atoms with van der Waals surface area (Å²) in [4.78, 5) is 4.00. The molecule has 3 nitrogen and oxygen atoms in total. The molecule has 0 saturated carbocycles. The van der Waals surface area contributed by atoms with E-state index < -0.39 is 0 Å². The maximum absolute atomic E-state index is 9.10. The predicted octanol–water partition coefficient (Wildman–Crippen LogP) is 2.01. The summed E-state index contributed by atoms with van der Waals surface area (Å²) in [7, 11) is 1.90. The summed E-state index contributed by atoms with van der Waals surface area (Å²) in [5, 5.41) is 9.10. The minimum Gasteiger partial charge on any atom is -0.492 e. The second-order valence-corrected chi connectivity index (χ2v) is 4.57. The molecule has 0 aromatic carbocycles. The molecule has 1 N–H and O–H groups in total. The predicted molar refractivity (Wildman–Crippen MR) is 55.9 cm³/mol. The fraction of sp³-hybridized carbons (Fsp3) is 0.667. The largest absolute Gasteiger partial charge is 0.492 e. The van der Waals surface area contributed by atoms with Crippen molar-refractivity contribution >= 4 is 11.8 Å². The first kappa shape index (κ1) is 10.4. The van der Waals surface area contributed by atoms with Crippen molar-refractivity contribution in [3.8, 4) is 5.88 Å². The molecule has 0 aliphatic rings. The minimum atomic E-state index is 0.114. The Labute approximate surface area is 83.2 Å². The third kappa shape index (κ3) is 3.30. The van der Waals surface area contributed by atoms with Gasteiger partial charge >= 0.3 is 0 Å². The highest BCUT2D eigenvalue weighted by Crippen LogP contribution is 2.16. The van der Waals surface area contributed by atoms with Crippen molar-refractivity contribution in [2.45, 2.75) is 19.6 Å². The fourth-order valence-corrected chi connectivity index (χ4v) is 2.05. The first-order valence-electron chi connectivity index (χ1n) is 4.38. The maximum atomic E-state index is 9.10. The molecule has 0 amide bonds. The molecular weight excluding hydrogens is 184 g/mol. The van der Waals surface area contributed by atoms with Gasteiger partial charge in [0.2, 0.25) is 5.88 Å². The van der Waals surface area contributed by atoms with E-state index >= 15 is 0 Å². The number of aromatic hydroxyl groups is 1. The van der Waals surface area contributed by atoms with Crippen molar-refractivity contribution in [3.05, 3.63) is 12.0 Å². The van der Waals surface area contributed by atoms with Crippen molar-refractivity contribution in [1.29, 1.82) is 0 Å². The summed E-state index contributed by atoms with van der Waals surface area (Å²) < 4.78 is 1.86. The molecule has 1 rings (SSSR count). The third-order valence-corrected chi connectivity index (χ3v) is 3.01. The van der Waals surface area contributed by atoms with E-state index in [1.54, 1.807) is 6.20 Å². The van der Waals surface area contributed by atoms with Gasteiger partial charge in [0, 0.05) is 7.05 Å². The fourth-order valence-electron chi connectivity index (χ4n) is 1.01. The molecule has 0 aliphatic carbocycles. The third-order valence-electron chi connectivity index (χ3n) is 1.64. The van der Waals surface area contributed by atoms with Gasteiger partial charge in [-0.15, -0.1) is 0 Å². The zero-order valence-corrected chi connectivity index (χ0v) is 9.14. The van der Waals surface area contributed by atoms with Crippen LogP contribution in [-0.4, -0.2) is 20.4 Å². The molecule has 0 saturated heterocycles. The quantitative estimate of drug-likeness (QED) is 0.808. The van der Waals surface area contributed by atoms with Crippen molar-refractivity contribution in [1.82, 2.24) is 9.55 Å². The molecule has 0 spiro atoms. The van der Waals surface area contributed by atoms with Gasteiger partial charge in [-0.25, -0.2) is 0 Å². The second kappa shape index (κ2) is 4.56. The average Bonchev–Trinajstić information content (AvgIpc) is 2.29. The van der Waals surface area contributed by atoms with E-state index in [1.165, 1.54) is 0 Å². The summed E-state index contributed by atoms with van der Waals surface area (Å²) in [6.07, 6.45) is 1.63. The number of nitrogens with zero attached hydrogens (tertiary/aromatic N) is 2. The number of imidazole rings is 1. The zero-order valence-electron chi connectivity index (χ0n) is 8.32. The van der Waals surface area contributed by atoms with E-state index in [2.05, 4.69) is 18.8 Å². The number of hydrogen-bond donors (Lipinski definition) is 1. The average molecular weight is 200 g/mol. The van der Waals surface area contributed by atoms with Crippen LogP contribution in [0.15, 0.2) is 6.20 Å². The topological polar surface area (TPSA) is 38.1 Å². The van der Waals surface area contributed by atoms with Gasteiger partial charge in [-0.05, 0) is 11.7 Å². The minimum absolute atomic E-state index is 0.114. The Morgan fingerprint density at radius 3 is 2.77 bits per heavy atom. The Kier molecular flexibility index (Phi) is 3.66. The van der Waals surface area contributed by atoms with Gasteiger partial charge in [-0.1, -0.05) is 13.8 Å². The molecule has 0 radical (unpaired) electrons. The molecule has 0 aliphatic heterocycles. The van der Waals surface area contributed by atoms with Crippen LogP contribution in [0.25, 0.3) is 0 Å². The molecule has 1 aromatic heterocycles. The normalized spacial score (nSPS) is 11.1. The molecule has 1 heterocycles. The van der Waals surface area contributed by atoms with Crippen LogP contribution in [0.2, 0.25) is 0 Å². The zero-order chi connectivity index (χ0) is 9.84. The molecule has 4 heteroatoms. The molecule has 74 valence electrons. The molecular formula is C9H16N2OS. The van der Waals surface area contributed by atoms with Crippen LogP contribution >= 0.6 is 11.8 Å². The van der Waals surface area contributed by atoms with E-state index in [4.69, 9.17) is 5.11 Å². The van der Waals surface area contributed by atoms with E-state index in [9.17, 15) is 0 Å². The summed E-state index contributed by atoms with van der Waals surface area (Å²) in [6, 6.07) is 0. The lowest BCUT2D eigenvalue weighted by atomic mass is 10.3. The van der Waals surface area contributed by atoms with Gasteiger partial charge in [0.05, 0.1) is 11.9 Å². The lowest BCUT2D eigenvalue weighted by molar-refractivity contribution is 0.455. The SMILES string of the molecule is CC(C)CSCc1nc(O)cn1C. The van der Waals surface area contributed by atoms with Crippen LogP contribution in [0.4, 0.5) is 0 Å². The lowest BCUT2D eigenvalue weighted by Gasteiger charge is -2.03. The molecule has 1 aromatic rings. The van der Waals surface area contributed by atoms with Crippen molar-refractivity contribution in [3.63, 3.8) is 0 Å². The second-order valence-electron chi connectivity index (χ2n) is 3.54. The van der Waals surface area contributed by atoms with E-state index in [0.717, 1.165) is 17.3 Å². The van der Waals surface area contributed by atoms with Crippen molar-refractivity contribution in [2.24, 2.45) is 13.0 Å². The summed E-state index contributed by atoms with van der Waals surface area (Å²) in [5.41, 5.74) is 0. The molecule has 0 bridgehead atoms. The van der Waals surface area contributed by atoms with E-state index in [0.29, 0.717) is 5.92 Å². The van der Waals surface area contributed by atoms with Crippen LogP contribution in [0.1, 0.15) is 19.7 Å². The van der Waals surface area contributed by atoms with Crippen LogP contribution in [-0.2, 0) is 12.8 Å². The van der Waals surface area contributed by atoms with Gasteiger partial charge in [-0.2, -0.15) is 16.7 Å². The summed E-state index contributed by atoms with van der Waals surface area (Å²) in [5.74, 6) is 3.76. The monoisotopic (exact) mass is 200 g/mol. The van der Waals surface area contributed by atoms with Crippen molar-refractivity contribution in [2.75, 3.05) is 5.75 Å². The highest BCUT2D eigenvalue weighted by molar-refractivity contribution is 7.98. The molecule has 0 unspecified atom stereocenters. The maximum Gasteiger partial charge on any atom is 0.229 e. The summed E-state index contributed by atoms with van der Waals surface area (Å²) >= 11 is 1.85. The lowest BCUT2D eigenvalue weighted by Crippen LogP contribution is -1.97. The number of aryl methyl sites for hydroxylation is 1. The van der Waals surface area contributed by atoms with Gasteiger partial charge in [0.15, 0.2) is 0 Å². The van der Waals surface area contributed by atoms with E-state index in [1.807, 2.05) is 23.4 Å². The first-order valence-corrected chi connectivity index (χ1v) is 5.54. The molecule has 0 fully saturated rings. The Hall–Kier alpha value is -0.640. The standard InChI is InChI=1S/C9H16N2OS/c1-7(2)5-13-6-8-10-9(12)4-11(8)3/h4,7,12H,5-6H2,1-3H3. The first-order chi connectivity index (χ1) is 6.09. The highest BCUT2D eigenvalue weighted by atomic mass is 32.2. The van der Waals surface area contributed by atoms with Crippen LogP contribution < -0.4 is 0 Å². The number of hydrogen-bond acceptors (Lipinski definition) is 3.